The van der Waals surface area contributed by atoms with E-state index in [0.717, 1.165) is 34.1 Å². The van der Waals surface area contributed by atoms with Crippen molar-refractivity contribution >= 4 is 33.3 Å². The first kappa shape index (κ1) is 21.4. The van der Waals surface area contributed by atoms with Gasteiger partial charge in [0.05, 0.1) is 36.5 Å². The molecule has 172 valence electrons. The molecule has 0 radical (unpaired) electrons. The quantitative estimate of drug-likeness (QED) is 0.271. The molecule has 0 bridgehead atoms. The van der Waals surface area contributed by atoms with Gasteiger partial charge in [0.2, 0.25) is 0 Å². The van der Waals surface area contributed by atoms with Gasteiger partial charge in [-0.25, -0.2) is 4.98 Å². The van der Waals surface area contributed by atoms with Gasteiger partial charge in [-0.1, -0.05) is 24.3 Å². The Morgan fingerprint density at radius 3 is 2.41 bits per heavy atom. The van der Waals surface area contributed by atoms with E-state index in [4.69, 9.17) is 15.2 Å². The van der Waals surface area contributed by atoms with Gasteiger partial charge in [0.25, 0.3) is 5.56 Å². The normalized spacial score (nSPS) is 11.1. The monoisotopic (exact) mass is 455 g/mol. The second-order valence-electron chi connectivity index (χ2n) is 7.98. The van der Waals surface area contributed by atoms with Crippen molar-refractivity contribution < 1.29 is 9.47 Å². The number of nitrogens with two attached hydrogens (primary N) is 1. The van der Waals surface area contributed by atoms with Gasteiger partial charge in [-0.3, -0.25) is 4.79 Å². The average molecular weight is 456 g/mol. The predicted molar refractivity (Wildman–Crippen MR) is 136 cm³/mol. The number of benzene rings is 3. The van der Waals surface area contributed by atoms with Crippen LogP contribution in [0.5, 0.6) is 11.5 Å². The molecule has 2 heterocycles. The zero-order valence-electron chi connectivity index (χ0n) is 18.9. The van der Waals surface area contributed by atoms with Crippen LogP contribution >= 0.6 is 0 Å². The molecule has 5 rings (SSSR count). The van der Waals surface area contributed by atoms with Crippen molar-refractivity contribution in [3.8, 4) is 22.9 Å². The number of nitrogens with zero attached hydrogens (tertiary/aromatic N) is 1. The summed E-state index contributed by atoms with van der Waals surface area (Å²) in [7, 11) is 3.15. The Hall–Kier alpha value is -4.46. The number of pyridine rings is 1. The Morgan fingerprint density at radius 2 is 1.68 bits per heavy atom. The third kappa shape index (κ3) is 3.90. The molecule has 8 nitrogen and oxygen atoms in total. The zero-order chi connectivity index (χ0) is 23.7. The number of hydrogen-bond acceptors (Lipinski definition) is 6. The molecule has 0 unspecified atom stereocenters. The molecule has 2 aromatic heterocycles. The first-order valence-corrected chi connectivity index (χ1v) is 10.9. The minimum absolute atomic E-state index is 0.256. The number of hydrogen-bond donors (Lipinski definition) is 4. The maximum Gasteiger partial charge on any atom is 0.261 e. The van der Waals surface area contributed by atoms with E-state index in [2.05, 4.69) is 20.3 Å². The maximum atomic E-state index is 13.3. The van der Waals surface area contributed by atoms with E-state index >= 15 is 0 Å². The number of ether oxygens (including phenoxy) is 2. The number of para-hydroxylation sites is 2. The summed E-state index contributed by atoms with van der Waals surface area (Å²) in [6.07, 6.45) is 0.751. The highest BCUT2D eigenvalue weighted by atomic mass is 16.5. The number of methoxy groups -OCH3 is 2. The van der Waals surface area contributed by atoms with Crippen LogP contribution in [0, 0.1) is 0 Å². The van der Waals surface area contributed by atoms with E-state index in [1.165, 1.54) is 0 Å². The highest BCUT2D eigenvalue weighted by Gasteiger charge is 2.20. The summed E-state index contributed by atoms with van der Waals surface area (Å²) in [5.74, 6) is 1.60. The molecule has 0 fully saturated rings. The van der Waals surface area contributed by atoms with E-state index in [0.29, 0.717) is 40.6 Å². The van der Waals surface area contributed by atoms with E-state index in [9.17, 15) is 4.79 Å². The van der Waals surface area contributed by atoms with Crippen LogP contribution in [0.15, 0.2) is 65.5 Å². The van der Waals surface area contributed by atoms with E-state index in [1.54, 1.807) is 20.3 Å². The van der Waals surface area contributed by atoms with Crippen LogP contribution in [0.25, 0.3) is 33.3 Å². The highest BCUT2D eigenvalue weighted by molar-refractivity contribution is 6.00. The summed E-state index contributed by atoms with van der Waals surface area (Å²) in [4.78, 5) is 24.3. The summed E-state index contributed by atoms with van der Waals surface area (Å²) in [6, 6.07) is 19.1. The van der Waals surface area contributed by atoms with Gasteiger partial charge in [0.15, 0.2) is 11.5 Å². The third-order valence-electron chi connectivity index (χ3n) is 5.84. The molecular formula is C26H25N5O3. The van der Waals surface area contributed by atoms with Crippen LogP contribution in [0.2, 0.25) is 0 Å². The van der Waals surface area contributed by atoms with Gasteiger partial charge in [0, 0.05) is 23.7 Å². The minimum Gasteiger partial charge on any atom is -0.493 e. The summed E-state index contributed by atoms with van der Waals surface area (Å²) < 4.78 is 11.0. The molecule has 8 heteroatoms. The van der Waals surface area contributed by atoms with Gasteiger partial charge in [-0.15, -0.1) is 0 Å². The summed E-state index contributed by atoms with van der Waals surface area (Å²) >= 11 is 0. The number of rotatable bonds is 7. The topological polar surface area (TPSA) is 118 Å². The maximum absolute atomic E-state index is 13.3. The molecule has 0 aliphatic rings. The van der Waals surface area contributed by atoms with Crippen molar-refractivity contribution in [2.24, 2.45) is 0 Å². The average Bonchev–Trinajstić information content (AvgIpc) is 3.28. The lowest BCUT2D eigenvalue weighted by molar-refractivity contribution is 0.356. The lowest BCUT2D eigenvalue weighted by Gasteiger charge is -2.16. The van der Waals surface area contributed by atoms with Crippen LogP contribution < -0.4 is 26.1 Å². The molecule has 0 aliphatic carbocycles. The van der Waals surface area contributed by atoms with Crippen LogP contribution in [-0.4, -0.2) is 35.7 Å². The number of imidazole rings is 1. The van der Waals surface area contributed by atoms with E-state index in [1.807, 2.05) is 54.6 Å². The molecule has 0 amide bonds. The smallest absolute Gasteiger partial charge is 0.261 e. The number of anilines is 2. The molecule has 0 spiro atoms. The molecule has 5 N–H and O–H groups in total. The number of fused-ring (bicyclic) bond motifs is 2. The number of nitrogen functional groups attached to an aromatic ring is 1. The number of aromatic amines is 2. The van der Waals surface area contributed by atoms with Crippen LogP contribution in [0.3, 0.4) is 0 Å². The van der Waals surface area contributed by atoms with Crippen LogP contribution in [-0.2, 0) is 6.42 Å². The Balaban J connectivity index is 1.65. The first-order valence-electron chi connectivity index (χ1n) is 10.9. The van der Waals surface area contributed by atoms with Gasteiger partial charge < -0.3 is 30.5 Å². The Labute approximate surface area is 195 Å². The van der Waals surface area contributed by atoms with Gasteiger partial charge in [0.1, 0.15) is 11.4 Å². The molecule has 0 saturated carbocycles. The number of aromatic nitrogens is 3. The lowest BCUT2D eigenvalue weighted by Crippen LogP contribution is -2.16. The first-order chi connectivity index (χ1) is 16.6. The van der Waals surface area contributed by atoms with Crippen molar-refractivity contribution in [1.29, 1.82) is 0 Å². The molecule has 3 aromatic carbocycles. The van der Waals surface area contributed by atoms with E-state index < -0.39 is 0 Å². The molecule has 0 saturated heterocycles. The molecular weight excluding hydrogens is 430 g/mol. The predicted octanol–water partition coefficient (Wildman–Crippen LogP) is 4.33. The van der Waals surface area contributed by atoms with Gasteiger partial charge in [-0.05, 0) is 42.3 Å². The minimum atomic E-state index is -0.256. The summed E-state index contributed by atoms with van der Waals surface area (Å²) in [5.41, 5.74) is 10.8. The number of H-pyrrole nitrogens is 2. The fraction of sp³-hybridized carbons (Fsp3) is 0.154. The third-order valence-corrected chi connectivity index (χ3v) is 5.84. The van der Waals surface area contributed by atoms with E-state index in [-0.39, 0.29) is 5.56 Å². The standard InChI is InChI=1S/C26H25N5O3/c1-33-21-13-17-20(14-22(21)34-2)31-26(32)23(25-29-18-5-3-4-6-19(18)30-25)24(17)28-12-11-15-7-9-16(27)10-8-15/h3-10,13-14H,11-12,27H2,1-2H3,(H,29,30)(H2,28,31,32). The molecule has 0 aliphatic heterocycles. The second-order valence-corrected chi connectivity index (χ2v) is 7.98. The summed E-state index contributed by atoms with van der Waals surface area (Å²) in [6.45, 7) is 0.601. The Morgan fingerprint density at radius 1 is 0.941 bits per heavy atom. The van der Waals surface area contributed by atoms with Gasteiger partial charge in [-0.2, -0.15) is 0 Å². The SMILES string of the molecule is COc1cc2[nH]c(=O)c(-c3nc4ccccc4[nH]3)c(NCCc3ccc(N)cc3)c2cc1OC. The van der Waals surface area contributed by atoms with Crippen molar-refractivity contribution in [2.75, 3.05) is 31.8 Å². The van der Waals surface area contributed by atoms with Crippen LogP contribution in [0.1, 0.15) is 5.56 Å². The molecule has 5 aromatic rings. The Kier molecular flexibility index (Phi) is 5.55. The highest BCUT2D eigenvalue weighted by Crippen LogP contribution is 2.37. The number of nitrogens with one attached hydrogen (secondary N) is 3. The van der Waals surface area contributed by atoms with Crippen molar-refractivity contribution in [1.82, 2.24) is 15.0 Å². The van der Waals surface area contributed by atoms with Gasteiger partial charge >= 0.3 is 0 Å². The fourth-order valence-electron chi connectivity index (χ4n) is 4.12. The second kappa shape index (κ2) is 8.82. The van der Waals surface area contributed by atoms with Crippen molar-refractivity contribution in [2.45, 2.75) is 6.42 Å². The largest absolute Gasteiger partial charge is 0.493 e. The van der Waals surface area contributed by atoms with Crippen molar-refractivity contribution in [3.63, 3.8) is 0 Å². The van der Waals surface area contributed by atoms with Crippen LogP contribution in [0.4, 0.5) is 11.4 Å². The zero-order valence-corrected chi connectivity index (χ0v) is 18.9. The molecule has 0 atom stereocenters. The van der Waals surface area contributed by atoms with Crippen molar-refractivity contribution in [3.05, 3.63) is 76.6 Å². The lowest BCUT2D eigenvalue weighted by atomic mass is 10.1. The summed E-state index contributed by atoms with van der Waals surface area (Å²) in [5, 5.41) is 4.28. The Bertz CT molecular complexity index is 1500. The fourth-order valence-corrected chi connectivity index (χ4v) is 4.12. The molecule has 34 heavy (non-hydrogen) atoms.